The summed E-state index contributed by atoms with van der Waals surface area (Å²) in [7, 11) is -38.8. The molecule has 0 aromatic heterocycles. The Kier molecular flexibility index (Phi) is 28.1. The molecule has 0 N–H and O–H groups in total. The van der Waals surface area contributed by atoms with E-state index >= 15 is 0 Å². The Morgan fingerprint density at radius 1 is 0.301 bits per heavy atom. The Hall–Kier alpha value is 1.98. The zero-order chi connectivity index (χ0) is 58.2. The lowest BCUT2D eigenvalue weighted by Crippen LogP contribution is -2.63. The minimum atomic E-state index is -3.78. The molecule has 29 heteroatoms. The molecule has 0 aliphatic carbocycles. The molecular formula is C44H116O14Si15. The standard InChI is InChI=1S/C44H116O14Si15/c1-43(2)44(45)46-35-34-37-70(47-36-38-71(48-59(3,4)5,49-60(6,7)8)50-61(9,10)11,57-68(30,31)39-41-72(51-62(12,13)14,52-63(15,16)17)53-64(18,19)20)58-69(32,33)40-42-73(54-65(21,22)23,55-66(24,25)26)56-67(27,28)29/h1,34-42H2,2-33H3. The summed E-state index contributed by atoms with van der Waals surface area (Å²) in [5, 5.41) is 0. The van der Waals surface area contributed by atoms with Crippen LogP contribution in [0.5, 0.6) is 0 Å². The third-order valence-corrected chi connectivity index (χ3v) is 57.2. The van der Waals surface area contributed by atoms with Crippen LogP contribution in [0.2, 0.25) is 239 Å². The second-order valence-corrected chi connectivity index (χ2v) is 92.8. The van der Waals surface area contributed by atoms with Crippen molar-refractivity contribution in [2.24, 2.45) is 0 Å². The predicted molar refractivity (Wildman–Crippen MR) is 345 cm³/mol. The highest BCUT2D eigenvalue weighted by Gasteiger charge is 2.57. The molecule has 436 valence electrons. The van der Waals surface area contributed by atoms with Crippen molar-refractivity contribution in [3.63, 3.8) is 0 Å². The molecule has 0 bridgehead atoms. The molecule has 0 aliphatic heterocycles. The van der Waals surface area contributed by atoms with Crippen molar-refractivity contribution < 1.29 is 59.2 Å². The van der Waals surface area contributed by atoms with Crippen molar-refractivity contribution in [3.05, 3.63) is 12.2 Å². The zero-order valence-electron chi connectivity index (χ0n) is 53.3. The van der Waals surface area contributed by atoms with E-state index in [1.807, 2.05) is 0 Å². The van der Waals surface area contributed by atoms with Gasteiger partial charge in [0.05, 0.1) is 6.61 Å². The summed E-state index contributed by atoms with van der Waals surface area (Å²) < 4.78 is 93.8. The van der Waals surface area contributed by atoms with Crippen molar-refractivity contribution in [2.45, 2.75) is 253 Å². The molecule has 0 aliphatic rings. The average molecular weight is 1290 g/mol. The lowest BCUT2D eigenvalue weighted by Gasteiger charge is -2.46. The van der Waals surface area contributed by atoms with Crippen molar-refractivity contribution in [1.29, 1.82) is 0 Å². The topological polar surface area (TPSA) is 137 Å². The Morgan fingerprint density at radius 2 is 0.534 bits per heavy atom. The maximum absolute atomic E-state index is 12.8. The summed E-state index contributed by atoms with van der Waals surface area (Å²) in [5.74, 6) is -0.423. The maximum atomic E-state index is 12.8. The van der Waals surface area contributed by atoms with Gasteiger partial charge in [-0.1, -0.05) is 6.58 Å². The minimum absolute atomic E-state index is 0.164. The number of rotatable bonds is 37. The number of esters is 1. The number of carbonyl (C=O) groups is 1. The van der Waals surface area contributed by atoms with Gasteiger partial charge in [-0.05, 0) is 228 Å². The van der Waals surface area contributed by atoms with Gasteiger partial charge in [0.2, 0.25) is 0 Å². The van der Waals surface area contributed by atoms with E-state index in [1.165, 1.54) is 0 Å². The molecule has 0 fully saturated rings. The normalized spacial score (nSPS) is 15.3. The molecule has 0 amide bonds. The highest BCUT2D eigenvalue weighted by molar-refractivity contribution is 6.94. The van der Waals surface area contributed by atoms with E-state index in [2.05, 4.69) is 210 Å². The zero-order valence-corrected chi connectivity index (χ0v) is 68.3. The Labute approximate surface area is 466 Å². The van der Waals surface area contributed by atoms with Crippen LogP contribution < -0.4 is 0 Å². The monoisotopic (exact) mass is 1290 g/mol. The smallest absolute Gasteiger partial charge is 0.462 e. The number of ether oxygens (including phenoxy) is 1. The van der Waals surface area contributed by atoms with Crippen LogP contribution in [-0.4, -0.2) is 146 Å². The van der Waals surface area contributed by atoms with Gasteiger partial charge in [0.15, 0.2) is 91.5 Å². The molecule has 0 spiro atoms. The maximum Gasteiger partial charge on any atom is 0.480 e. The van der Waals surface area contributed by atoms with Gasteiger partial charge in [-0.15, -0.1) is 0 Å². The summed E-state index contributed by atoms with van der Waals surface area (Å²) in [6.07, 6.45) is 0.467. The molecule has 0 rings (SSSR count). The fourth-order valence-electron chi connectivity index (χ4n) is 7.86. The molecule has 0 radical (unpaired) electrons. The first-order chi connectivity index (χ1) is 31.7. The first-order valence-corrected chi connectivity index (χ1v) is 71.5. The summed E-state index contributed by atoms with van der Waals surface area (Å²) in [6, 6.07) is 3.54. The molecule has 0 heterocycles. The van der Waals surface area contributed by atoms with Crippen LogP contribution in [0, 0.1) is 0 Å². The van der Waals surface area contributed by atoms with Gasteiger partial charge in [0.25, 0.3) is 0 Å². The van der Waals surface area contributed by atoms with Crippen molar-refractivity contribution in [2.75, 3.05) is 13.2 Å². The molecule has 0 unspecified atom stereocenters. The van der Waals surface area contributed by atoms with Crippen LogP contribution in [0.1, 0.15) is 13.3 Å². The van der Waals surface area contributed by atoms with Gasteiger partial charge in [0.1, 0.15) is 0 Å². The third kappa shape index (κ3) is 36.9. The summed E-state index contributed by atoms with van der Waals surface area (Å²) in [4.78, 5) is 12.8. The molecular weight excluding hydrogens is 1170 g/mol. The van der Waals surface area contributed by atoms with Crippen LogP contribution in [0.4, 0.5) is 0 Å². The first kappa shape index (κ1) is 75.0. The summed E-state index contributed by atoms with van der Waals surface area (Å²) in [5.41, 5.74) is 0.353. The summed E-state index contributed by atoms with van der Waals surface area (Å²) >= 11 is 0. The number of carbonyl (C=O) groups excluding carboxylic acids is 1. The molecule has 0 atom stereocenters. The Bertz CT molecular complexity index is 1520. The SMILES string of the molecule is C=C(C)C(=O)OCCC[Si](OCC[Si](O[Si](C)(C)C)(O[Si](C)(C)C)O[Si](C)(C)C)(O[Si](C)(C)CC[Si](O[Si](C)(C)C)(O[Si](C)(C)C)O[Si](C)(C)C)O[Si](C)(C)CC[Si](O[Si](C)(C)C)(O[Si](C)(C)C)O[Si](C)(C)C. The van der Waals surface area contributed by atoms with E-state index < -0.39 is 133 Å². The quantitative estimate of drug-likeness (QED) is 0.0252. The first-order valence-electron chi connectivity index (χ1n) is 26.9. The van der Waals surface area contributed by atoms with Gasteiger partial charge in [-0.25, -0.2) is 4.79 Å². The lowest BCUT2D eigenvalue weighted by molar-refractivity contribution is -0.139. The second kappa shape index (κ2) is 27.4. The molecule has 0 saturated carbocycles. The highest BCUT2D eigenvalue weighted by atomic mass is 28.5. The number of hydrogen-bond acceptors (Lipinski definition) is 14. The van der Waals surface area contributed by atoms with E-state index in [1.54, 1.807) is 6.92 Å². The van der Waals surface area contributed by atoms with Crippen LogP contribution in [0.25, 0.3) is 0 Å². The minimum Gasteiger partial charge on any atom is -0.462 e. The van der Waals surface area contributed by atoms with E-state index in [0.29, 0.717) is 48.3 Å². The average Bonchev–Trinajstić information content (AvgIpc) is 3.00. The fraction of sp³-hybridized carbons (Fsp3) is 0.932. The van der Waals surface area contributed by atoms with E-state index in [9.17, 15) is 4.79 Å². The molecule has 0 saturated heterocycles. The Morgan fingerprint density at radius 3 is 0.753 bits per heavy atom. The second-order valence-electron chi connectivity index (χ2n) is 30.0. The van der Waals surface area contributed by atoms with Crippen LogP contribution >= 0.6 is 0 Å². The fourth-order valence-corrected chi connectivity index (χ4v) is 68.3. The summed E-state index contributed by atoms with van der Waals surface area (Å²) in [6.45, 7) is 74.9. The third-order valence-electron chi connectivity index (χ3n) is 9.02. The van der Waals surface area contributed by atoms with Gasteiger partial charge in [0, 0.05) is 36.4 Å². The molecule has 0 aromatic rings. The van der Waals surface area contributed by atoms with E-state index in [-0.39, 0.29) is 13.2 Å². The van der Waals surface area contributed by atoms with Crippen molar-refractivity contribution in [3.8, 4) is 0 Å². The van der Waals surface area contributed by atoms with Crippen molar-refractivity contribution >= 4 is 133 Å². The molecule has 14 nitrogen and oxygen atoms in total. The van der Waals surface area contributed by atoms with Gasteiger partial charge in [-0.3, -0.25) is 0 Å². The predicted octanol–water partition coefficient (Wildman–Crippen LogP) is 15.4. The van der Waals surface area contributed by atoms with Crippen LogP contribution in [0.15, 0.2) is 12.2 Å². The van der Waals surface area contributed by atoms with E-state index in [4.69, 9.17) is 54.4 Å². The van der Waals surface area contributed by atoms with Crippen LogP contribution in [0.3, 0.4) is 0 Å². The largest absolute Gasteiger partial charge is 0.480 e. The highest BCUT2D eigenvalue weighted by Crippen LogP contribution is 2.39. The van der Waals surface area contributed by atoms with Gasteiger partial charge < -0.3 is 54.4 Å². The molecule has 73 heavy (non-hydrogen) atoms. The Balaban J connectivity index is 8.35. The molecule has 0 aromatic carbocycles. The lowest BCUT2D eigenvalue weighted by atomic mass is 10.4. The van der Waals surface area contributed by atoms with Gasteiger partial charge >= 0.3 is 41.2 Å². The number of hydrogen-bond donors (Lipinski definition) is 0. The van der Waals surface area contributed by atoms with Gasteiger partial charge in [-0.2, -0.15) is 0 Å². The van der Waals surface area contributed by atoms with E-state index in [0.717, 1.165) is 0 Å². The van der Waals surface area contributed by atoms with Crippen LogP contribution in [-0.2, 0) is 59.2 Å². The van der Waals surface area contributed by atoms with Crippen molar-refractivity contribution in [1.82, 2.24) is 0 Å².